The molecule has 0 aliphatic rings. The number of carbonyl (C=O) groups excluding carboxylic acids is 1. The van der Waals surface area contributed by atoms with Crippen LogP contribution in [0, 0.1) is 19.8 Å². The minimum atomic E-state index is -0.851. The van der Waals surface area contributed by atoms with Crippen molar-refractivity contribution in [2.45, 2.75) is 53.1 Å². The molecule has 1 atom stereocenters. The summed E-state index contributed by atoms with van der Waals surface area (Å²) in [5.74, 6) is 0.446. The first-order valence-corrected chi connectivity index (χ1v) is 7.30. The lowest BCUT2D eigenvalue weighted by molar-refractivity contribution is 0.0429. The number of benzene rings is 1. The van der Waals surface area contributed by atoms with E-state index in [-0.39, 0.29) is 12.5 Å². The molecule has 2 N–H and O–H groups in total. The quantitative estimate of drug-likeness (QED) is 0.838. The summed E-state index contributed by atoms with van der Waals surface area (Å²) in [7, 11) is 0. The predicted octanol–water partition coefficient (Wildman–Crippen LogP) is 3.22. The first-order valence-electron chi connectivity index (χ1n) is 7.30. The molecule has 3 nitrogen and oxygen atoms in total. The smallest absolute Gasteiger partial charge is 0.251 e. The summed E-state index contributed by atoms with van der Waals surface area (Å²) in [5.41, 5.74) is 1.79. The van der Waals surface area contributed by atoms with Crippen LogP contribution in [0.4, 0.5) is 0 Å². The standard InChI is InChI=1S/C17H27NO2/c1-12(2)9-10-17(5,20)11-18-16(19)15-13(3)7-6-8-14(15)4/h6-8,12,20H,9-11H2,1-5H3,(H,18,19). The van der Waals surface area contributed by atoms with Gasteiger partial charge in [0.1, 0.15) is 0 Å². The molecule has 0 aliphatic heterocycles. The van der Waals surface area contributed by atoms with Gasteiger partial charge in [-0.25, -0.2) is 0 Å². The van der Waals surface area contributed by atoms with Gasteiger partial charge < -0.3 is 10.4 Å². The van der Waals surface area contributed by atoms with Crippen molar-refractivity contribution in [3.05, 3.63) is 34.9 Å². The summed E-state index contributed by atoms with van der Waals surface area (Å²) in [6, 6.07) is 5.80. The number of nitrogens with one attached hydrogen (secondary N) is 1. The minimum absolute atomic E-state index is 0.106. The molecule has 1 aromatic carbocycles. The zero-order valence-electron chi connectivity index (χ0n) is 13.3. The molecule has 0 radical (unpaired) electrons. The Kier molecular flexibility index (Phi) is 5.75. The first-order chi connectivity index (χ1) is 9.23. The van der Waals surface area contributed by atoms with Crippen molar-refractivity contribution >= 4 is 5.91 Å². The zero-order valence-corrected chi connectivity index (χ0v) is 13.3. The van der Waals surface area contributed by atoms with E-state index in [1.165, 1.54) is 0 Å². The number of hydrogen-bond donors (Lipinski definition) is 2. The van der Waals surface area contributed by atoms with Crippen LogP contribution in [0.1, 0.15) is 55.1 Å². The van der Waals surface area contributed by atoms with Crippen molar-refractivity contribution in [1.29, 1.82) is 0 Å². The van der Waals surface area contributed by atoms with Crippen LogP contribution in [0.25, 0.3) is 0 Å². The molecular weight excluding hydrogens is 250 g/mol. The van der Waals surface area contributed by atoms with Gasteiger partial charge in [0.05, 0.1) is 5.60 Å². The average molecular weight is 277 g/mol. The van der Waals surface area contributed by atoms with E-state index in [0.717, 1.165) is 17.5 Å². The Hall–Kier alpha value is -1.35. The molecule has 0 heterocycles. The molecule has 20 heavy (non-hydrogen) atoms. The van der Waals surface area contributed by atoms with E-state index >= 15 is 0 Å². The maximum atomic E-state index is 12.2. The number of aryl methyl sites for hydroxylation is 2. The monoisotopic (exact) mass is 277 g/mol. The second-order valence-electron chi connectivity index (χ2n) is 6.38. The van der Waals surface area contributed by atoms with Crippen LogP contribution in [-0.2, 0) is 0 Å². The van der Waals surface area contributed by atoms with Crippen LogP contribution >= 0.6 is 0 Å². The highest BCUT2D eigenvalue weighted by Crippen LogP contribution is 2.17. The average Bonchev–Trinajstić information content (AvgIpc) is 2.34. The van der Waals surface area contributed by atoms with Gasteiger partial charge >= 0.3 is 0 Å². The molecule has 112 valence electrons. The van der Waals surface area contributed by atoms with Gasteiger partial charge in [-0.2, -0.15) is 0 Å². The topological polar surface area (TPSA) is 49.3 Å². The fraction of sp³-hybridized carbons (Fsp3) is 0.588. The molecule has 0 fully saturated rings. The van der Waals surface area contributed by atoms with Gasteiger partial charge in [-0.3, -0.25) is 4.79 Å². The van der Waals surface area contributed by atoms with E-state index in [1.807, 2.05) is 32.0 Å². The number of rotatable bonds is 6. The van der Waals surface area contributed by atoms with E-state index in [0.29, 0.717) is 17.9 Å². The number of aliphatic hydroxyl groups is 1. The molecule has 0 bridgehead atoms. The number of carbonyl (C=O) groups is 1. The van der Waals surface area contributed by atoms with Gasteiger partial charge in [-0.15, -0.1) is 0 Å². The Balaban J connectivity index is 2.63. The third kappa shape index (κ3) is 4.97. The molecule has 0 aromatic heterocycles. The Bertz CT molecular complexity index is 444. The van der Waals surface area contributed by atoms with E-state index in [4.69, 9.17) is 0 Å². The van der Waals surface area contributed by atoms with Crippen molar-refractivity contribution in [3.63, 3.8) is 0 Å². The number of amides is 1. The predicted molar refractivity (Wildman–Crippen MR) is 82.9 cm³/mol. The molecule has 1 aromatic rings. The fourth-order valence-corrected chi connectivity index (χ4v) is 2.22. The third-order valence-electron chi connectivity index (χ3n) is 3.60. The maximum absolute atomic E-state index is 12.2. The van der Waals surface area contributed by atoms with Crippen molar-refractivity contribution < 1.29 is 9.90 Å². The molecule has 1 rings (SSSR count). The highest BCUT2D eigenvalue weighted by Gasteiger charge is 2.22. The molecule has 0 saturated carbocycles. The molecule has 3 heteroatoms. The SMILES string of the molecule is Cc1cccc(C)c1C(=O)NCC(C)(O)CCC(C)C. The Morgan fingerprint density at radius 2 is 1.85 bits per heavy atom. The molecule has 0 saturated heterocycles. The van der Waals surface area contributed by atoms with Crippen molar-refractivity contribution in [2.24, 2.45) is 5.92 Å². The largest absolute Gasteiger partial charge is 0.388 e. The highest BCUT2D eigenvalue weighted by molar-refractivity contribution is 5.97. The van der Waals surface area contributed by atoms with Crippen molar-refractivity contribution in [3.8, 4) is 0 Å². The van der Waals surface area contributed by atoms with Crippen LogP contribution < -0.4 is 5.32 Å². The van der Waals surface area contributed by atoms with E-state index in [9.17, 15) is 9.90 Å². The number of hydrogen-bond acceptors (Lipinski definition) is 2. The second kappa shape index (κ2) is 6.89. The third-order valence-corrected chi connectivity index (χ3v) is 3.60. The zero-order chi connectivity index (χ0) is 15.3. The van der Waals surface area contributed by atoms with Crippen LogP contribution in [0.5, 0.6) is 0 Å². The van der Waals surface area contributed by atoms with Gasteiger partial charge in [0, 0.05) is 12.1 Å². The highest BCUT2D eigenvalue weighted by atomic mass is 16.3. The lowest BCUT2D eigenvalue weighted by Crippen LogP contribution is -2.41. The molecule has 0 aliphatic carbocycles. The summed E-state index contributed by atoms with van der Waals surface area (Å²) in [6.45, 7) is 10.2. The maximum Gasteiger partial charge on any atom is 0.251 e. The summed E-state index contributed by atoms with van der Waals surface area (Å²) in [4.78, 5) is 12.2. The fourth-order valence-electron chi connectivity index (χ4n) is 2.22. The van der Waals surface area contributed by atoms with E-state index in [2.05, 4.69) is 19.2 Å². The van der Waals surface area contributed by atoms with Crippen LogP contribution in [-0.4, -0.2) is 23.2 Å². The lowest BCUT2D eigenvalue weighted by atomic mass is 9.95. The summed E-state index contributed by atoms with van der Waals surface area (Å²) in [5, 5.41) is 13.1. The lowest BCUT2D eigenvalue weighted by Gasteiger charge is -2.25. The summed E-state index contributed by atoms with van der Waals surface area (Å²) < 4.78 is 0. The molecular formula is C17H27NO2. The van der Waals surface area contributed by atoms with Crippen molar-refractivity contribution in [2.75, 3.05) is 6.54 Å². The van der Waals surface area contributed by atoms with Crippen molar-refractivity contribution in [1.82, 2.24) is 5.32 Å². The second-order valence-corrected chi connectivity index (χ2v) is 6.38. The first kappa shape index (κ1) is 16.7. The van der Waals surface area contributed by atoms with Gasteiger partial charge in [0.25, 0.3) is 5.91 Å². The summed E-state index contributed by atoms with van der Waals surface area (Å²) in [6.07, 6.45) is 1.64. The van der Waals surface area contributed by atoms with Gasteiger partial charge in [-0.1, -0.05) is 32.0 Å². The van der Waals surface area contributed by atoms with Crippen LogP contribution in [0.15, 0.2) is 18.2 Å². The van der Waals surface area contributed by atoms with E-state index < -0.39 is 5.60 Å². The minimum Gasteiger partial charge on any atom is -0.388 e. The molecule has 0 spiro atoms. The summed E-state index contributed by atoms with van der Waals surface area (Å²) >= 11 is 0. The van der Waals surface area contributed by atoms with Crippen LogP contribution in [0.2, 0.25) is 0 Å². The van der Waals surface area contributed by atoms with Gasteiger partial charge in [-0.05, 0) is 50.7 Å². The normalized spacial score (nSPS) is 14.2. The Labute approximate surface area is 122 Å². The van der Waals surface area contributed by atoms with Gasteiger partial charge in [0.2, 0.25) is 0 Å². The molecule has 1 unspecified atom stereocenters. The van der Waals surface area contributed by atoms with Crippen LogP contribution in [0.3, 0.4) is 0 Å². The Morgan fingerprint density at radius 1 is 1.30 bits per heavy atom. The van der Waals surface area contributed by atoms with Gasteiger partial charge in [0.15, 0.2) is 0 Å². The Morgan fingerprint density at radius 3 is 2.35 bits per heavy atom. The van der Waals surface area contributed by atoms with E-state index in [1.54, 1.807) is 6.92 Å². The molecule has 1 amide bonds.